The Morgan fingerprint density at radius 2 is 2.00 bits per heavy atom. The molecular formula is C16H26O4. The Morgan fingerprint density at radius 1 is 1.35 bits per heavy atom. The molecule has 0 bridgehead atoms. The van der Waals surface area contributed by atoms with Gasteiger partial charge >= 0.3 is 11.9 Å². The fourth-order valence-corrected chi connectivity index (χ4v) is 2.91. The molecule has 0 aromatic carbocycles. The minimum Gasteiger partial charge on any atom is -0.481 e. The number of esters is 1. The molecule has 1 aliphatic rings. The first-order valence-corrected chi connectivity index (χ1v) is 7.39. The lowest BCUT2D eigenvalue weighted by Gasteiger charge is -2.36. The van der Waals surface area contributed by atoms with Crippen LogP contribution < -0.4 is 0 Å². The van der Waals surface area contributed by atoms with E-state index in [1.54, 1.807) is 0 Å². The Labute approximate surface area is 121 Å². The molecule has 1 rings (SSSR count). The van der Waals surface area contributed by atoms with Gasteiger partial charge in [-0.3, -0.25) is 9.59 Å². The summed E-state index contributed by atoms with van der Waals surface area (Å²) >= 11 is 0. The molecule has 0 spiro atoms. The highest BCUT2D eigenvalue weighted by Gasteiger charge is 2.30. The van der Waals surface area contributed by atoms with Gasteiger partial charge in [0.25, 0.3) is 0 Å². The van der Waals surface area contributed by atoms with Gasteiger partial charge in [-0.05, 0) is 35.7 Å². The molecule has 20 heavy (non-hydrogen) atoms. The molecule has 114 valence electrons. The maximum Gasteiger partial charge on any atom is 0.306 e. The molecule has 0 heterocycles. The van der Waals surface area contributed by atoms with Crippen LogP contribution >= 0.6 is 0 Å². The van der Waals surface area contributed by atoms with Gasteiger partial charge in [0, 0.05) is 0 Å². The Morgan fingerprint density at radius 3 is 2.55 bits per heavy atom. The van der Waals surface area contributed by atoms with Crippen LogP contribution in [0.5, 0.6) is 0 Å². The molecule has 0 saturated heterocycles. The van der Waals surface area contributed by atoms with E-state index in [2.05, 4.69) is 33.8 Å². The number of hydrogen-bond donors (Lipinski definition) is 1. The van der Waals surface area contributed by atoms with Crippen molar-refractivity contribution in [3.63, 3.8) is 0 Å². The fraction of sp³-hybridized carbons (Fsp3) is 0.750. The first-order valence-electron chi connectivity index (χ1n) is 7.39. The number of allylic oxidation sites excluding steroid dienone is 1. The highest BCUT2D eigenvalue weighted by Crippen LogP contribution is 2.38. The summed E-state index contributed by atoms with van der Waals surface area (Å²) in [5, 5.41) is 8.52. The van der Waals surface area contributed by atoms with E-state index in [1.165, 1.54) is 0 Å². The third-order valence-corrected chi connectivity index (χ3v) is 4.50. The van der Waals surface area contributed by atoms with Crippen molar-refractivity contribution in [1.82, 2.24) is 0 Å². The van der Waals surface area contributed by atoms with Crippen LogP contribution in [-0.4, -0.2) is 23.7 Å². The van der Waals surface area contributed by atoms with Crippen LogP contribution in [0.25, 0.3) is 0 Å². The van der Waals surface area contributed by atoms with E-state index in [0.717, 1.165) is 12.0 Å². The zero-order valence-electron chi connectivity index (χ0n) is 12.9. The van der Waals surface area contributed by atoms with Gasteiger partial charge in [-0.1, -0.05) is 33.8 Å². The zero-order chi connectivity index (χ0) is 15.3. The standard InChI is InChI=1S/C16H26O4/c1-10(2)14-6-5-13(11(3)12(14)4)9-20-16(19)8-7-15(17)18/h5,10-12,14H,6-9H2,1-4H3,(H,17,18)/t11?,12?,14-/m1/s1. The normalized spacial score (nSPS) is 26.2. The van der Waals surface area contributed by atoms with Crippen molar-refractivity contribution in [2.24, 2.45) is 23.7 Å². The van der Waals surface area contributed by atoms with E-state index in [1.807, 2.05) is 0 Å². The van der Waals surface area contributed by atoms with E-state index >= 15 is 0 Å². The number of carboxylic acid groups (broad SMARTS) is 1. The van der Waals surface area contributed by atoms with Crippen LogP contribution in [0.3, 0.4) is 0 Å². The van der Waals surface area contributed by atoms with Crippen LogP contribution in [0.2, 0.25) is 0 Å². The highest BCUT2D eigenvalue weighted by molar-refractivity contribution is 5.76. The van der Waals surface area contributed by atoms with Crippen molar-refractivity contribution in [3.8, 4) is 0 Å². The number of carbonyl (C=O) groups excluding carboxylic acids is 1. The molecule has 0 aromatic heterocycles. The number of carbonyl (C=O) groups is 2. The predicted molar refractivity (Wildman–Crippen MR) is 77.2 cm³/mol. The smallest absolute Gasteiger partial charge is 0.306 e. The molecule has 2 unspecified atom stereocenters. The molecule has 4 nitrogen and oxygen atoms in total. The molecule has 0 fully saturated rings. The largest absolute Gasteiger partial charge is 0.481 e. The van der Waals surface area contributed by atoms with E-state index in [4.69, 9.17) is 9.84 Å². The van der Waals surface area contributed by atoms with E-state index in [9.17, 15) is 9.59 Å². The maximum atomic E-state index is 11.4. The molecule has 1 aliphatic carbocycles. The monoisotopic (exact) mass is 282 g/mol. The first-order chi connectivity index (χ1) is 9.32. The quantitative estimate of drug-likeness (QED) is 0.600. The van der Waals surface area contributed by atoms with Crippen molar-refractivity contribution >= 4 is 11.9 Å². The first kappa shape index (κ1) is 16.7. The second-order valence-corrected chi connectivity index (χ2v) is 6.12. The van der Waals surface area contributed by atoms with E-state index in [-0.39, 0.29) is 12.8 Å². The third kappa shape index (κ3) is 4.66. The van der Waals surface area contributed by atoms with Gasteiger partial charge in [0.05, 0.1) is 12.8 Å². The molecule has 3 atom stereocenters. The molecule has 0 saturated carbocycles. The summed E-state index contributed by atoms with van der Waals surface area (Å²) in [7, 11) is 0. The van der Waals surface area contributed by atoms with Crippen LogP contribution in [0, 0.1) is 23.7 Å². The SMILES string of the molecule is CC1C(COC(=O)CCC(=O)O)=CC[C@H](C(C)C)C1C. The number of hydrogen-bond acceptors (Lipinski definition) is 3. The zero-order valence-corrected chi connectivity index (χ0v) is 12.9. The Balaban J connectivity index is 2.48. The lowest BCUT2D eigenvalue weighted by atomic mass is 9.70. The summed E-state index contributed by atoms with van der Waals surface area (Å²) in [6.07, 6.45) is 3.01. The van der Waals surface area contributed by atoms with Gasteiger partial charge < -0.3 is 9.84 Å². The second-order valence-electron chi connectivity index (χ2n) is 6.12. The van der Waals surface area contributed by atoms with E-state index in [0.29, 0.717) is 30.3 Å². The summed E-state index contributed by atoms with van der Waals surface area (Å²) < 4.78 is 5.18. The maximum absolute atomic E-state index is 11.4. The van der Waals surface area contributed by atoms with Gasteiger partial charge in [-0.25, -0.2) is 0 Å². The van der Waals surface area contributed by atoms with Crippen molar-refractivity contribution in [3.05, 3.63) is 11.6 Å². The van der Waals surface area contributed by atoms with Crippen LogP contribution in [0.15, 0.2) is 11.6 Å². The molecule has 0 aromatic rings. The van der Waals surface area contributed by atoms with Gasteiger partial charge in [-0.2, -0.15) is 0 Å². The molecule has 0 aliphatic heterocycles. The molecule has 1 N–H and O–H groups in total. The Kier molecular flexibility index (Phi) is 6.24. The minimum atomic E-state index is -0.972. The van der Waals surface area contributed by atoms with Crippen molar-refractivity contribution in [2.45, 2.75) is 47.0 Å². The Hall–Kier alpha value is -1.32. The second kappa shape index (κ2) is 7.46. The topological polar surface area (TPSA) is 63.6 Å². The van der Waals surface area contributed by atoms with Gasteiger partial charge in [0.2, 0.25) is 0 Å². The molecule has 4 heteroatoms. The lowest BCUT2D eigenvalue weighted by Crippen LogP contribution is -2.29. The van der Waals surface area contributed by atoms with Crippen LogP contribution in [0.4, 0.5) is 0 Å². The average Bonchev–Trinajstić information content (AvgIpc) is 2.37. The van der Waals surface area contributed by atoms with Crippen molar-refractivity contribution in [2.75, 3.05) is 6.61 Å². The Bertz CT molecular complexity index is 384. The predicted octanol–water partition coefficient (Wildman–Crippen LogP) is 3.27. The van der Waals surface area contributed by atoms with Crippen LogP contribution in [-0.2, 0) is 14.3 Å². The molecule has 0 amide bonds. The van der Waals surface area contributed by atoms with E-state index < -0.39 is 11.9 Å². The van der Waals surface area contributed by atoms with Gasteiger partial charge in [0.15, 0.2) is 0 Å². The summed E-state index contributed by atoms with van der Waals surface area (Å²) in [5.41, 5.74) is 1.16. The molecular weight excluding hydrogens is 256 g/mol. The lowest BCUT2D eigenvalue weighted by molar-refractivity contribution is -0.147. The number of carboxylic acids is 1. The molecule has 0 radical (unpaired) electrons. The number of ether oxygens (including phenoxy) is 1. The number of aliphatic carboxylic acids is 1. The summed E-state index contributed by atoms with van der Waals surface area (Å²) in [6, 6.07) is 0. The van der Waals surface area contributed by atoms with Gasteiger partial charge in [-0.15, -0.1) is 0 Å². The van der Waals surface area contributed by atoms with Gasteiger partial charge in [0.1, 0.15) is 6.61 Å². The minimum absolute atomic E-state index is 0.0544. The summed E-state index contributed by atoms with van der Waals surface area (Å²) in [4.78, 5) is 21.8. The average molecular weight is 282 g/mol. The fourth-order valence-electron chi connectivity index (χ4n) is 2.91. The van der Waals surface area contributed by atoms with Crippen LogP contribution in [0.1, 0.15) is 47.0 Å². The summed E-state index contributed by atoms with van der Waals surface area (Å²) in [5.74, 6) is 0.913. The van der Waals surface area contributed by atoms with Crippen molar-refractivity contribution < 1.29 is 19.4 Å². The number of rotatable bonds is 6. The summed E-state index contributed by atoms with van der Waals surface area (Å²) in [6.45, 7) is 9.23. The highest BCUT2D eigenvalue weighted by atomic mass is 16.5. The van der Waals surface area contributed by atoms with Crippen molar-refractivity contribution in [1.29, 1.82) is 0 Å². The third-order valence-electron chi connectivity index (χ3n) is 4.50.